The maximum absolute atomic E-state index is 12.4. The molecule has 3 heterocycles. The van der Waals surface area contributed by atoms with Crippen molar-refractivity contribution in [1.82, 2.24) is 14.8 Å². The number of aromatic nitrogens is 3. The predicted molar refractivity (Wildman–Crippen MR) is 106 cm³/mol. The number of rotatable bonds is 5. The Morgan fingerprint density at radius 2 is 1.96 bits per heavy atom. The van der Waals surface area contributed by atoms with Crippen molar-refractivity contribution in [1.29, 1.82) is 0 Å². The number of benzene rings is 1. The fourth-order valence-electron chi connectivity index (χ4n) is 2.88. The summed E-state index contributed by atoms with van der Waals surface area (Å²) in [5.41, 5.74) is 4.05. The van der Waals surface area contributed by atoms with E-state index in [0.29, 0.717) is 11.4 Å². The van der Waals surface area contributed by atoms with E-state index in [1.54, 1.807) is 6.20 Å². The lowest BCUT2D eigenvalue weighted by Crippen LogP contribution is -2.04. The number of thiophene rings is 1. The average molecular weight is 377 g/mol. The van der Waals surface area contributed by atoms with Gasteiger partial charge in [-0.3, -0.25) is 9.67 Å². The van der Waals surface area contributed by atoms with Crippen molar-refractivity contribution >= 4 is 27.5 Å². The minimum Gasteiger partial charge on any atom is -0.455 e. The van der Waals surface area contributed by atoms with E-state index in [1.807, 2.05) is 35.9 Å². The van der Waals surface area contributed by atoms with Gasteiger partial charge >= 0.3 is 5.97 Å². The zero-order valence-corrected chi connectivity index (χ0v) is 16.0. The Morgan fingerprint density at radius 3 is 2.70 bits per heavy atom. The molecule has 3 aromatic heterocycles. The largest absolute Gasteiger partial charge is 0.455 e. The molecule has 0 fully saturated rings. The van der Waals surface area contributed by atoms with E-state index in [9.17, 15) is 4.79 Å². The first kappa shape index (κ1) is 17.4. The smallest absolute Gasteiger partial charge is 0.348 e. The van der Waals surface area contributed by atoms with Crippen LogP contribution in [0.15, 0.2) is 54.7 Å². The molecule has 0 atom stereocenters. The van der Waals surface area contributed by atoms with E-state index in [1.165, 1.54) is 22.5 Å². The Labute approximate surface area is 161 Å². The van der Waals surface area contributed by atoms with E-state index in [4.69, 9.17) is 4.74 Å². The third-order valence-corrected chi connectivity index (χ3v) is 5.47. The summed E-state index contributed by atoms with van der Waals surface area (Å²) in [5, 5.41) is 5.62. The van der Waals surface area contributed by atoms with Gasteiger partial charge in [0.25, 0.3) is 0 Å². The first-order valence-electron chi connectivity index (χ1n) is 8.69. The molecule has 0 aliphatic carbocycles. The molecule has 4 rings (SSSR count). The molecule has 0 unspecified atom stereocenters. The van der Waals surface area contributed by atoms with Crippen LogP contribution in [0.4, 0.5) is 0 Å². The van der Waals surface area contributed by atoms with Gasteiger partial charge in [-0.1, -0.05) is 35.9 Å². The Bertz CT molecular complexity index is 1080. The Kier molecular flexibility index (Phi) is 4.73. The van der Waals surface area contributed by atoms with Gasteiger partial charge in [-0.2, -0.15) is 5.10 Å². The summed E-state index contributed by atoms with van der Waals surface area (Å²) < 4.78 is 7.36. The molecular formula is C21H19N3O2S. The maximum atomic E-state index is 12.4. The Hall–Kier alpha value is -2.99. The molecule has 4 aromatic rings. The number of nitrogens with zero attached hydrogens (tertiary/aromatic N) is 3. The van der Waals surface area contributed by atoms with Crippen molar-refractivity contribution in [3.8, 4) is 0 Å². The number of fused-ring (bicyclic) bond motifs is 1. The highest BCUT2D eigenvalue weighted by atomic mass is 32.1. The van der Waals surface area contributed by atoms with Crippen LogP contribution >= 0.6 is 11.3 Å². The number of esters is 1. The van der Waals surface area contributed by atoms with Gasteiger partial charge in [-0.25, -0.2) is 4.79 Å². The topological polar surface area (TPSA) is 57.0 Å². The van der Waals surface area contributed by atoms with E-state index in [-0.39, 0.29) is 12.6 Å². The zero-order chi connectivity index (χ0) is 18.8. The van der Waals surface area contributed by atoms with Crippen LogP contribution < -0.4 is 0 Å². The first-order valence-corrected chi connectivity index (χ1v) is 9.51. The van der Waals surface area contributed by atoms with E-state index in [0.717, 1.165) is 21.6 Å². The standard InChI is InChI=1S/C21H19N3O2S/c1-14-6-8-16(9-7-14)12-24-20-18(15(2)23-24)11-19(27-20)21(25)26-13-17-5-3-4-10-22-17/h3-11H,12-13H2,1-2H3. The lowest BCUT2D eigenvalue weighted by Gasteiger charge is -2.04. The Morgan fingerprint density at radius 1 is 1.15 bits per heavy atom. The minimum absolute atomic E-state index is 0.169. The van der Waals surface area contributed by atoms with Crippen LogP contribution in [0.1, 0.15) is 32.2 Å². The second-order valence-corrected chi connectivity index (χ2v) is 7.49. The zero-order valence-electron chi connectivity index (χ0n) is 15.2. The highest BCUT2D eigenvalue weighted by Gasteiger charge is 2.17. The van der Waals surface area contributed by atoms with Gasteiger partial charge in [0, 0.05) is 11.6 Å². The molecule has 0 N–H and O–H groups in total. The van der Waals surface area contributed by atoms with E-state index < -0.39 is 0 Å². The number of ether oxygens (including phenoxy) is 1. The lowest BCUT2D eigenvalue weighted by atomic mass is 10.1. The van der Waals surface area contributed by atoms with Gasteiger partial charge in [0.05, 0.1) is 17.9 Å². The van der Waals surface area contributed by atoms with E-state index in [2.05, 4.69) is 41.3 Å². The molecule has 5 nitrogen and oxygen atoms in total. The quantitative estimate of drug-likeness (QED) is 0.480. The molecule has 27 heavy (non-hydrogen) atoms. The second-order valence-electron chi connectivity index (χ2n) is 6.46. The molecule has 0 aliphatic heterocycles. The molecule has 0 saturated heterocycles. The number of carbonyl (C=O) groups excluding carboxylic acids is 1. The average Bonchev–Trinajstić information content (AvgIpc) is 3.24. The van der Waals surface area contributed by atoms with Crippen molar-refractivity contribution in [2.45, 2.75) is 27.0 Å². The lowest BCUT2D eigenvalue weighted by molar-refractivity contribution is 0.0473. The van der Waals surface area contributed by atoms with Gasteiger partial charge in [-0.05, 0) is 37.6 Å². The number of carbonyl (C=O) groups is 1. The summed E-state index contributed by atoms with van der Waals surface area (Å²) in [6, 6.07) is 15.8. The molecular weight excluding hydrogens is 358 g/mol. The molecule has 1 aromatic carbocycles. The highest BCUT2D eigenvalue weighted by Crippen LogP contribution is 2.29. The van der Waals surface area contributed by atoms with Gasteiger partial charge in [0.2, 0.25) is 0 Å². The highest BCUT2D eigenvalue weighted by molar-refractivity contribution is 7.20. The summed E-state index contributed by atoms with van der Waals surface area (Å²) in [5.74, 6) is -0.330. The molecule has 136 valence electrons. The fraction of sp³-hybridized carbons (Fsp3) is 0.190. The number of aryl methyl sites for hydroxylation is 2. The summed E-state index contributed by atoms with van der Waals surface area (Å²) >= 11 is 1.42. The molecule has 0 aliphatic rings. The van der Waals surface area contributed by atoms with Crippen molar-refractivity contribution in [3.63, 3.8) is 0 Å². The summed E-state index contributed by atoms with van der Waals surface area (Å²) in [6.45, 7) is 4.88. The van der Waals surface area contributed by atoms with Crippen molar-refractivity contribution in [2.24, 2.45) is 0 Å². The molecule has 6 heteroatoms. The maximum Gasteiger partial charge on any atom is 0.348 e. The van der Waals surface area contributed by atoms with Gasteiger partial charge in [0.1, 0.15) is 16.3 Å². The van der Waals surface area contributed by atoms with Crippen LogP contribution in [0.2, 0.25) is 0 Å². The number of hydrogen-bond donors (Lipinski definition) is 0. The minimum atomic E-state index is -0.330. The summed E-state index contributed by atoms with van der Waals surface area (Å²) in [4.78, 5) is 18.2. The Balaban J connectivity index is 1.55. The monoisotopic (exact) mass is 377 g/mol. The molecule has 0 bridgehead atoms. The van der Waals surface area contributed by atoms with Crippen LogP contribution in [0, 0.1) is 13.8 Å². The third-order valence-electron chi connectivity index (χ3n) is 4.34. The second kappa shape index (κ2) is 7.32. The van der Waals surface area contributed by atoms with Crippen LogP contribution in [0.5, 0.6) is 0 Å². The summed E-state index contributed by atoms with van der Waals surface area (Å²) in [7, 11) is 0. The molecule has 0 radical (unpaired) electrons. The normalized spacial score (nSPS) is 11.0. The van der Waals surface area contributed by atoms with Gasteiger partial charge in [0.15, 0.2) is 0 Å². The van der Waals surface area contributed by atoms with Crippen molar-refractivity contribution in [2.75, 3.05) is 0 Å². The van der Waals surface area contributed by atoms with Crippen molar-refractivity contribution in [3.05, 3.63) is 82.1 Å². The van der Waals surface area contributed by atoms with Crippen LogP contribution in [0.3, 0.4) is 0 Å². The van der Waals surface area contributed by atoms with Crippen LogP contribution in [0.25, 0.3) is 10.2 Å². The fourth-order valence-corrected chi connectivity index (χ4v) is 3.94. The summed E-state index contributed by atoms with van der Waals surface area (Å²) in [6.07, 6.45) is 1.69. The van der Waals surface area contributed by atoms with Crippen molar-refractivity contribution < 1.29 is 9.53 Å². The third kappa shape index (κ3) is 3.75. The molecule has 0 amide bonds. The van der Waals surface area contributed by atoms with Gasteiger partial charge in [-0.15, -0.1) is 11.3 Å². The number of hydrogen-bond acceptors (Lipinski definition) is 5. The molecule has 0 spiro atoms. The van der Waals surface area contributed by atoms with Gasteiger partial charge < -0.3 is 4.74 Å². The number of pyridine rings is 1. The first-order chi connectivity index (χ1) is 13.1. The predicted octanol–water partition coefficient (Wildman–Crippen LogP) is 4.51. The van der Waals surface area contributed by atoms with Crippen LogP contribution in [-0.4, -0.2) is 20.7 Å². The SMILES string of the molecule is Cc1ccc(Cn2nc(C)c3cc(C(=O)OCc4ccccn4)sc32)cc1. The van der Waals surface area contributed by atoms with Crippen LogP contribution in [-0.2, 0) is 17.9 Å². The van der Waals surface area contributed by atoms with E-state index >= 15 is 0 Å². The molecule has 0 saturated carbocycles.